The van der Waals surface area contributed by atoms with E-state index in [1.54, 1.807) is 7.05 Å². The Morgan fingerprint density at radius 3 is 1.94 bits per heavy atom. The van der Waals surface area contributed by atoms with Gasteiger partial charge in [-0.25, -0.2) is 13.1 Å². The molecule has 5 heteroatoms. The Bertz CT molecular complexity index is 266. The van der Waals surface area contributed by atoms with Gasteiger partial charge in [-0.05, 0) is 13.5 Å². The summed E-state index contributed by atoms with van der Waals surface area (Å²) in [6.45, 7) is 3.31. The maximum Gasteiger partial charge on any atom is 0.212 e. The predicted molar refractivity (Wildman–Crippen MR) is 78.3 cm³/mol. The van der Waals surface area contributed by atoms with Crippen molar-refractivity contribution in [3.63, 3.8) is 0 Å². The van der Waals surface area contributed by atoms with Crippen LogP contribution in [0, 0.1) is 0 Å². The van der Waals surface area contributed by atoms with Gasteiger partial charge in [0.05, 0.1) is 5.75 Å². The van der Waals surface area contributed by atoms with Crippen molar-refractivity contribution in [3.05, 3.63) is 0 Å². The molecule has 0 amide bonds. The Kier molecular flexibility index (Phi) is 11.8. The number of sulfonamides is 1. The summed E-state index contributed by atoms with van der Waals surface area (Å²) in [5, 5.41) is 2.84. The van der Waals surface area contributed by atoms with Crippen molar-refractivity contribution in [2.24, 2.45) is 0 Å². The molecule has 0 aliphatic carbocycles. The van der Waals surface area contributed by atoms with E-state index in [1.807, 2.05) is 0 Å². The van der Waals surface area contributed by atoms with Crippen LogP contribution in [0.15, 0.2) is 0 Å². The van der Waals surface area contributed by atoms with Crippen LogP contribution in [-0.4, -0.2) is 34.3 Å². The third-order valence-corrected chi connectivity index (χ3v) is 4.36. The van der Waals surface area contributed by atoms with Gasteiger partial charge in [0.25, 0.3) is 0 Å². The lowest BCUT2D eigenvalue weighted by Gasteiger charge is -2.06. The molecule has 0 aromatic heterocycles. The Hall–Kier alpha value is -0.130. The fourth-order valence-corrected chi connectivity index (χ4v) is 2.87. The van der Waals surface area contributed by atoms with Gasteiger partial charge < -0.3 is 5.32 Å². The van der Waals surface area contributed by atoms with Gasteiger partial charge in [-0.3, -0.25) is 0 Å². The number of nitrogens with one attached hydrogen (secondary N) is 2. The molecule has 0 bridgehead atoms. The molecule has 0 aliphatic heterocycles. The van der Waals surface area contributed by atoms with Gasteiger partial charge in [-0.2, -0.15) is 0 Å². The van der Waals surface area contributed by atoms with Crippen molar-refractivity contribution in [1.29, 1.82) is 0 Å². The average molecular weight is 278 g/mol. The van der Waals surface area contributed by atoms with Gasteiger partial charge in [0.2, 0.25) is 10.0 Å². The van der Waals surface area contributed by atoms with E-state index < -0.39 is 10.0 Å². The molecule has 0 aliphatic rings. The van der Waals surface area contributed by atoms with Gasteiger partial charge in [-0.1, -0.05) is 51.9 Å². The van der Waals surface area contributed by atoms with Crippen molar-refractivity contribution >= 4 is 10.0 Å². The molecule has 0 aromatic carbocycles. The van der Waals surface area contributed by atoms with Crippen LogP contribution in [0.3, 0.4) is 0 Å². The summed E-state index contributed by atoms with van der Waals surface area (Å²) in [4.78, 5) is 0. The zero-order valence-electron chi connectivity index (χ0n) is 12.0. The molecule has 4 nitrogen and oxygen atoms in total. The highest BCUT2D eigenvalue weighted by Crippen LogP contribution is 2.07. The lowest BCUT2D eigenvalue weighted by Crippen LogP contribution is -2.31. The normalized spacial score (nSPS) is 11.9. The molecule has 110 valence electrons. The van der Waals surface area contributed by atoms with Crippen LogP contribution in [0.2, 0.25) is 0 Å². The molecule has 0 spiro atoms. The second kappa shape index (κ2) is 11.9. The maximum atomic E-state index is 11.4. The Labute approximate surface area is 113 Å². The summed E-state index contributed by atoms with van der Waals surface area (Å²) >= 11 is 0. The number of hydrogen-bond donors (Lipinski definition) is 2. The zero-order valence-corrected chi connectivity index (χ0v) is 12.8. The Balaban J connectivity index is 3.29. The summed E-state index contributed by atoms with van der Waals surface area (Å²) in [5.41, 5.74) is 0. The van der Waals surface area contributed by atoms with E-state index >= 15 is 0 Å². The average Bonchev–Trinajstić information content (AvgIpc) is 2.34. The van der Waals surface area contributed by atoms with Crippen LogP contribution in [0.4, 0.5) is 0 Å². The van der Waals surface area contributed by atoms with E-state index in [9.17, 15) is 8.42 Å². The Morgan fingerprint density at radius 2 is 1.39 bits per heavy atom. The summed E-state index contributed by atoms with van der Waals surface area (Å²) in [6, 6.07) is 0. The molecular formula is C13H30N2O2S. The van der Waals surface area contributed by atoms with Crippen LogP contribution in [0.25, 0.3) is 0 Å². The highest BCUT2D eigenvalue weighted by atomic mass is 32.2. The van der Waals surface area contributed by atoms with E-state index in [4.69, 9.17) is 0 Å². The largest absolute Gasteiger partial charge is 0.319 e. The third kappa shape index (κ3) is 12.3. The summed E-state index contributed by atoms with van der Waals surface area (Å²) in [6.07, 6.45) is 9.87. The van der Waals surface area contributed by atoms with Crippen molar-refractivity contribution in [2.75, 3.05) is 25.9 Å². The van der Waals surface area contributed by atoms with Crippen LogP contribution in [0.5, 0.6) is 0 Å². The maximum absolute atomic E-state index is 11.4. The molecule has 2 N–H and O–H groups in total. The first-order valence-corrected chi connectivity index (χ1v) is 8.89. The fraction of sp³-hybridized carbons (Fsp3) is 1.00. The van der Waals surface area contributed by atoms with Crippen LogP contribution in [0.1, 0.15) is 58.3 Å². The Morgan fingerprint density at radius 1 is 0.833 bits per heavy atom. The highest BCUT2D eigenvalue weighted by Gasteiger charge is 2.07. The van der Waals surface area contributed by atoms with E-state index in [-0.39, 0.29) is 5.75 Å². The minimum absolute atomic E-state index is 0.167. The topological polar surface area (TPSA) is 58.2 Å². The summed E-state index contributed by atoms with van der Waals surface area (Å²) in [7, 11) is -1.30. The molecule has 0 heterocycles. The molecule has 0 aromatic rings. The van der Waals surface area contributed by atoms with Crippen LogP contribution in [-0.2, 0) is 10.0 Å². The van der Waals surface area contributed by atoms with Crippen LogP contribution >= 0.6 is 0 Å². The van der Waals surface area contributed by atoms with E-state index in [0.29, 0.717) is 13.1 Å². The predicted octanol–water partition coefficient (Wildman–Crippen LogP) is 2.27. The molecule has 0 saturated carbocycles. The highest BCUT2D eigenvalue weighted by molar-refractivity contribution is 7.89. The second-order valence-corrected chi connectivity index (χ2v) is 6.72. The monoisotopic (exact) mass is 278 g/mol. The molecule has 0 rings (SSSR count). The van der Waals surface area contributed by atoms with Gasteiger partial charge in [0.1, 0.15) is 0 Å². The zero-order chi connectivity index (χ0) is 13.7. The number of hydrogen-bond acceptors (Lipinski definition) is 3. The minimum atomic E-state index is -3.06. The van der Waals surface area contributed by atoms with Gasteiger partial charge in [0.15, 0.2) is 0 Å². The van der Waals surface area contributed by atoms with E-state index in [0.717, 1.165) is 12.8 Å². The smallest absolute Gasteiger partial charge is 0.212 e. The summed E-state index contributed by atoms with van der Waals surface area (Å²) < 4.78 is 25.5. The minimum Gasteiger partial charge on any atom is -0.319 e. The van der Waals surface area contributed by atoms with Gasteiger partial charge in [0, 0.05) is 13.1 Å². The van der Waals surface area contributed by atoms with Gasteiger partial charge >= 0.3 is 0 Å². The quantitative estimate of drug-likeness (QED) is 0.508. The number of rotatable bonds is 13. The third-order valence-electron chi connectivity index (χ3n) is 2.97. The lowest BCUT2D eigenvalue weighted by atomic mass is 10.1. The van der Waals surface area contributed by atoms with Crippen molar-refractivity contribution in [2.45, 2.75) is 58.3 Å². The second-order valence-electron chi connectivity index (χ2n) is 4.79. The van der Waals surface area contributed by atoms with Crippen molar-refractivity contribution in [3.8, 4) is 0 Å². The molecule has 0 fully saturated rings. The fourth-order valence-electron chi connectivity index (χ4n) is 1.80. The molecule has 18 heavy (non-hydrogen) atoms. The van der Waals surface area contributed by atoms with Crippen molar-refractivity contribution < 1.29 is 8.42 Å². The SMILES string of the molecule is CCCCCCCCCCNS(=O)(=O)CCNC. The first-order chi connectivity index (χ1) is 8.62. The number of unbranched alkanes of at least 4 members (excludes halogenated alkanes) is 7. The lowest BCUT2D eigenvalue weighted by molar-refractivity contribution is 0.558. The van der Waals surface area contributed by atoms with E-state index in [2.05, 4.69) is 17.0 Å². The molecule has 0 saturated heterocycles. The summed E-state index contributed by atoms with van der Waals surface area (Å²) in [5.74, 6) is 0.167. The first kappa shape index (κ1) is 17.9. The van der Waals surface area contributed by atoms with E-state index in [1.165, 1.54) is 38.5 Å². The molecule has 0 atom stereocenters. The first-order valence-electron chi connectivity index (χ1n) is 7.24. The standard InChI is InChI=1S/C13H30N2O2S/c1-3-4-5-6-7-8-9-10-11-15-18(16,17)13-12-14-2/h14-15H,3-13H2,1-2H3. The molecular weight excluding hydrogens is 248 g/mol. The van der Waals surface area contributed by atoms with Gasteiger partial charge in [-0.15, -0.1) is 0 Å². The molecule has 0 radical (unpaired) electrons. The van der Waals surface area contributed by atoms with Crippen molar-refractivity contribution in [1.82, 2.24) is 10.0 Å². The van der Waals surface area contributed by atoms with Crippen LogP contribution < -0.4 is 10.0 Å². The molecule has 0 unspecified atom stereocenters.